The molecule has 10 heteroatoms. The minimum Gasteiger partial charge on any atom is -0.454 e. The summed E-state index contributed by atoms with van der Waals surface area (Å²) in [5, 5.41) is 3.09. The summed E-state index contributed by atoms with van der Waals surface area (Å²) in [6.45, 7) is 1.41. The van der Waals surface area contributed by atoms with Gasteiger partial charge in [0.05, 0.1) is 12.3 Å². The Morgan fingerprint density at radius 3 is 3.00 bits per heavy atom. The molecule has 1 saturated heterocycles. The average Bonchev–Trinajstić information content (AvgIpc) is 3.58. The van der Waals surface area contributed by atoms with Crippen molar-refractivity contribution in [3.05, 3.63) is 48.7 Å². The van der Waals surface area contributed by atoms with Crippen LogP contribution in [-0.2, 0) is 23.0 Å². The lowest BCUT2D eigenvalue weighted by atomic mass is 10.1. The lowest BCUT2D eigenvalue weighted by Crippen LogP contribution is -2.44. The molecule has 0 aliphatic carbocycles. The summed E-state index contributed by atoms with van der Waals surface area (Å²) in [5.41, 5.74) is 1.09. The first-order valence-corrected chi connectivity index (χ1v) is 10.6. The number of carbonyl (C=O) groups excluding carboxylic acids is 1. The predicted molar refractivity (Wildman–Crippen MR) is 116 cm³/mol. The molecule has 4 heterocycles. The van der Waals surface area contributed by atoms with E-state index in [4.69, 9.17) is 14.2 Å². The maximum Gasteiger partial charge on any atom is 0.242 e. The summed E-state index contributed by atoms with van der Waals surface area (Å²) in [6, 6.07) is 5.53. The lowest BCUT2D eigenvalue weighted by Gasteiger charge is -2.25. The van der Waals surface area contributed by atoms with Crippen LogP contribution in [0.4, 0.5) is 5.82 Å². The number of benzene rings is 1. The fourth-order valence-electron chi connectivity index (χ4n) is 4.29. The van der Waals surface area contributed by atoms with Crippen LogP contribution < -0.4 is 19.7 Å². The van der Waals surface area contributed by atoms with Crippen LogP contribution in [0.5, 0.6) is 11.5 Å². The predicted octanol–water partition coefficient (Wildman–Crippen LogP) is 1.29. The van der Waals surface area contributed by atoms with E-state index in [0.717, 1.165) is 28.8 Å². The summed E-state index contributed by atoms with van der Waals surface area (Å²) in [5.74, 6) is 3.10. The van der Waals surface area contributed by atoms with Crippen molar-refractivity contribution in [2.75, 3.05) is 31.9 Å². The number of anilines is 1. The first-order valence-electron chi connectivity index (χ1n) is 10.6. The van der Waals surface area contributed by atoms with E-state index in [9.17, 15) is 4.79 Å². The Kier molecular flexibility index (Phi) is 5.44. The van der Waals surface area contributed by atoms with Gasteiger partial charge in [0.25, 0.3) is 0 Å². The molecular formula is C22H26N6O4. The summed E-state index contributed by atoms with van der Waals surface area (Å²) >= 11 is 0. The molecule has 2 unspecified atom stereocenters. The second-order valence-corrected chi connectivity index (χ2v) is 7.94. The van der Waals surface area contributed by atoms with Crippen LogP contribution >= 0.6 is 0 Å². The topological polar surface area (TPSA) is 95.7 Å². The number of ether oxygens (including phenoxy) is 3. The first-order chi connectivity index (χ1) is 15.6. The van der Waals surface area contributed by atoms with Crippen LogP contribution in [0, 0.1) is 0 Å². The standard InChI is InChI=1S/C22H26N6O4/c1-26-20(11-25-22(26)27-8-7-23-13-27)28-12-16(30-2)10-17(28)21(29)24-6-5-15-3-4-18-19(9-15)32-14-31-18/h3-4,7-9,11,13,16-17H,5-6,10,12,14H2,1-2H3,(H,24,29). The van der Waals surface area contributed by atoms with E-state index in [1.54, 1.807) is 25.8 Å². The van der Waals surface area contributed by atoms with Crippen molar-refractivity contribution in [2.45, 2.75) is 25.0 Å². The van der Waals surface area contributed by atoms with E-state index in [-0.39, 0.29) is 24.8 Å². The summed E-state index contributed by atoms with van der Waals surface area (Å²) < 4.78 is 20.2. The molecule has 32 heavy (non-hydrogen) atoms. The zero-order chi connectivity index (χ0) is 22.1. The van der Waals surface area contributed by atoms with E-state index < -0.39 is 0 Å². The minimum absolute atomic E-state index is 0.0179. The molecule has 5 rings (SSSR count). The molecule has 1 N–H and O–H groups in total. The van der Waals surface area contributed by atoms with Gasteiger partial charge in [-0.05, 0) is 24.1 Å². The number of methoxy groups -OCH3 is 1. The number of hydrogen-bond acceptors (Lipinski definition) is 7. The Bertz CT molecular complexity index is 1100. The second kappa shape index (κ2) is 8.54. The SMILES string of the molecule is COC1CC(C(=O)NCCc2ccc3c(c2)OCO3)N(c2cnc(-n3ccnc3)n2C)C1. The molecule has 2 aliphatic rings. The quantitative estimate of drug-likeness (QED) is 0.594. The van der Waals surface area contributed by atoms with E-state index in [1.165, 1.54) is 0 Å². The summed E-state index contributed by atoms with van der Waals surface area (Å²) in [6.07, 6.45) is 8.35. The normalized spacial score (nSPS) is 19.5. The fourth-order valence-corrected chi connectivity index (χ4v) is 4.29. The Morgan fingerprint density at radius 1 is 1.31 bits per heavy atom. The Hall–Kier alpha value is -3.53. The highest BCUT2D eigenvalue weighted by Gasteiger charge is 2.38. The van der Waals surface area contributed by atoms with Gasteiger partial charge in [-0.15, -0.1) is 0 Å². The number of carbonyl (C=O) groups is 1. The van der Waals surface area contributed by atoms with Gasteiger partial charge < -0.3 is 24.4 Å². The van der Waals surface area contributed by atoms with Crippen LogP contribution in [0.2, 0.25) is 0 Å². The number of aromatic nitrogens is 4. The molecule has 3 aromatic rings. The Balaban J connectivity index is 1.26. The third-order valence-electron chi connectivity index (χ3n) is 6.02. The molecule has 1 fully saturated rings. The van der Waals surface area contributed by atoms with Crippen molar-refractivity contribution in [1.82, 2.24) is 24.4 Å². The smallest absolute Gasteiger partial charge is 0.242 e. The van der Waals surface area contributed by atoms with E-state index >= 15 is 0 Å². The molecule has 2 aliphatic heterocycles. The zero-order valence-electron chi connectivity index (χ0n) is 18.1. The Morgan fingerprint density at radius 2 is 2.19 bits per heavy atom. The largest absolute Gasteiger partial charge is 0.454 e. The highest BCUT2D eigenvalue weighted by Crippen LogP contribution is 2.32. The zero-order valence-corrected chi connectivity index (χ0v) is 18.1. The first kappa shape index (κ1) is 20.4. The second-order valence-electron chi connectivity index (χ2n) is 7.94. The molecule has 2 aromatic heterocycles. The molecule has 10 nitrogen and oxygen atoms in total. The van der Waals surface area contributed by atoms with E-state index in [2.05, 4.69) is 20.2 Å². The van der Waals surface area contributed by atoms with Gasteiger partial charge in [-0.1, -0.05) is 6.07 Å². The number of amides is 1. The van der Waals surface area contributed by atoms with Crippen molar-refractivity contribution in [1.29, 1.82) is 0 Å². The maximum atomic E-state index is 13.1. The van der Waals surface area contributed by atoms with Gasteiger partial charge in [-0.25, -0.2) is 9.97 Å². The number of hydrogen-bond donors (Lipinski definition) is 1. The molecule has 168 valence electrons. The van der Waals surface area contributed by atoms with Gasteiger partial charge >= 0.3 is 0 Å². The van der Waals surface area contributed by atoms with Crippen molar-refractivity contribution in [3.63, 3.8) is 0 Å². The van der Waals surface area contributed by atoms with Crippen molar-refractivity contribution >= 4 is 11.7 Å². The van der Waals surface area contributed by atoms with Gasteiger partial charge in [0.1, 0.15) is 18.2 Å². The average molecular weight is 438 g/mol. The van der Waals surface area contributed by atoms with Crippen LogP contribution in [0.3, 0.4) is 0 Å². The fraction of sp³-hybridized carbons (Fsp3) is 0.409. The highest BCUT2D eigenvalue weighted by atomic mass is 16.7. The Labute approximate surface area is 185 Å². The molecule has 2 atom stereocenters. The molecular weight excluding hydrogens is 412 g/mol. The third-order valence-corrected chi connectivity index (χ3v) is 6.02. The third kappa shape index (κ3) is 3.77. The summed E-state index contributed by atoms with van der Waals surface area (Å²) in [4.78, 5) is 23.8. The molecule has 0 bridgehead atoms. The monoisotopic (exact) mass is 438 g/mol. The summed E-state index contributed by atoms with van der Waals surface area (Å²) in [7, 11) is 3.62. The molecule has 0 saturated carbocycles. The minimum atomic E-state index is -0.331. The number of nitrogens with zero attached hydrogens (tertiary/aromatic N) is 5. The van der Waals surface area contributed by atoms with Gasteiger partial charge in [-0.3, -0.25) is 13.9 Å². The van der Waals surface area contributed by atoms with Gasteiger partial charge in [-0.2, -0.15) is 0 Å². The van der Waals surface area contributed by atoms with E-state index in [1.807, 2.05) is 40.6 Å². The molecule has 0 spiro atoms. The number of imidazole rings is 2. The highest BCUT2D eigenvalue weighted by molar-refractivity contribution is 5.85. The van der Waals surface area contributed by atoms with Crippen molar-refractivity contribution in [2.24, 2.45) is 7.05 Å². The van der Waals surface area contributed by atoms with Crippen molar-refractivity contribution < 1.29 is 19.0 Å². The van der Waals surface area contributed by atoms with Gasteiger partial charge in [0.15, 0.2) is 11.5 Å². The molecule has 1 amide bonds. The number of fused-ring (bicyclic) bond motifs is 1. The lowest BCUT2D eigenvalue weighted by molar-refractivity contribution is -0.122. The maximum absolute atomic E-state index is 13.1. The van der Waals surface area contributed by atoms with Crippen LogP contribution in [0.1, 0.15) is 12.0 Å². The van der Waals surface area contributed by atoms with Gasteiger partial charge in [0, 0.05) is 46.1 Å². The van der Waals surface area contributed by atoms with Crippen LogP contribution in [0.25, 0.3) is 5.95 Å². The number of nitrogens with one attached hydrogen (secondary N) is 1. The number of rotatable bonds is 7. The van der Waals surface area contributed by atoms with Crippen LogP contribution in [-0.4, -0.2) is 64.1 Å². The van der Waals surface area contributed by atoms with Crippen LogP contribution in [0.15, 0.2) is 43.1 Å². The molecule has 1 aromatic carbocycles. The van der Waals surface area contributed by atoms with Gasteiger partial charge in [0.2, 0.25) is 18.6 Å². The van der Waals surface area contributed by atoms with E-state index in [0.29, 0.717) is 25.9 Å². The van der Waals surface area contributed by atoms with Crippen molar-refractivity contribution in [3.8, 4) is 17.4 Å². The molecule has 0 radical (unpaired) electrons.